The molecule has 1 aromatic heterocycles. The summed E-state index contributed by atoms with van der Waals surface area (Å²) in [5, 5.41) is 0. The van der Waals surface area contributed by atoms with Gasteiger partial charge in [-0.1, -0.05) is 12.1 Å². The van der Waals surface area contributed by atoms with E-state index in [4.69, 9.17) is 16.3 Å². The molecule has 3 nitrogen and oxygen atoms in total. The van der Waals surface area contributed by atoms with E-state index in [0.29, 0.717) is 11.3 Å². The summed E-state index contributed by atoms with van der Waals surface area (Å²) in [7, 11) is 0. The Labute approximate surface area is 117 Å². The van der Waals surface area contributed by atoms with E-state index >= 15 is 0 Å². The van der Waals surface area contributed by atoms with Gasteiger partial charge in [0.2, 0.25) is 0 Å². The van der Waals surface area contributed by atoms with Crippen LogP contribution in [0.15, 0.2) is 42.7 Å². The molecule has 20 heavy (non-hydrogen) atoms. The van der Waals surface area contributed by atoms with Crippen LogP contribution in [0.25, 0.3) is 0 Å². The number of para-hydroxylation sites is 2. The van der Waals surface area contributed by atoms with Crippen LogP contribution in [0.1, 0.15) is 5.56 Å². The predicted octanol–water partition coefficient (Wildman–Crippen LogP) is 4.51. The van der Waals surface area contributed by atoms with E-state index in [2.05, 4.69) is 9.72 Å². The fourth-order valence-corrected chi connectivity index (χ4v) is 1.68. The van der Waals surface area contributed by atoms with Gasteiger partial charge in [0.15, 0.2) is 11.5 Å². The van der Waals surface area contributed by atoms with E-state index < -0.39 is 12.1 Å². The first kappa shape index (κ1) is 14.5. The van der Waals surface area contributed by atoms with Crippen molar-refractivity contribution in [1.29, 1.82) is 0 Å². The second-order valence-electron chi connectivity index (χ2n) is 3.71. The van der Waals surface area contributed by atoms with Crippen LogP contribution in [-0.2, 0) is 5.88 Å². The zero-order valence-corrected chi connectivity index (χ0v) is 10.8. The van der Waals surface area contributed by atoms with E-state index in [1.54, 1.807) is 6.07 Å². The molecule has 0 N–H and O–H groups in total. The summed E-state index contributed by atoms with van der Waals surface area (Å²) in [5.41, 5.74) is 0.566. The molecule has 0 aliphatic heterocycles. The first-order valence-corrected chi connectivity index (χ1v) is 6.04. The van der Waals surface area contributed by atoms with Crippen LogP contribution in [0, 0.1) is 0 Å². The number of benzene rings is 1. The largest absolute Gasteiger partial charge is 0.573 e. The number of pyridine rings is 1. The van der Waals surface area contributed by atoms with E-state index in [9.17, 15) is 13.2 Å². The van der Waals surface area contributed by atoms with E-state index in [0.717, 1.165) is 0 Å². The van der Waals surface area contributed by atoms with Gasteiger partial charge in [-0.2, -0.15) is 0 Å². The van der Waals surface area contributed by atoms with E-state index in [1.807, 2.05) is 0 Å². The fourth-order valence-electron chi connectivity index (χ4n) is 1.48. The molecule has 0 saturated heterocycles. The summed E-state index contributed by atoms with van der Waals surface area (Å²) in [4.78, 5) is 3.86. The fraction of sp³-hybridized carbons (Fsp3) is 0.154. The van der Waals surface area contributed by atoms with Crippen LogP contribution < -0.4 is 9.47 Å². The summed E-state index contributed by atoms with van der Waals surface area (Å²) in [6.45, 7) is 0. The molecule has 2 rings (SSSR count). The van der Waals surface area contributed by atoms with Crippen LogP contribution >= 0.6 is 11.6 Å². The highest BCUT2D eigenvalue weighted by atomic mass is 35.5. The van der Waals surface area contributed by atoms with Crippen molar-refractivity contribution in [3.63, 3.8) is 0 Å². The molecule has 0 fully saturated rings. The third kappa shape index (κ3) is 3.77. The molecule has 0 amide bonds. The topological polar surface area (TPSA) is 31.4 Å². The van der Waals surface area contributed by atoms with Crippen molar-refractivity contribution in [3.8, 4) is 17.2 Å². The number of hydrogen-bond acceptors (Lipinski definition) is 3. The number of halogens is 4. The summed E-state index contributed by atoms with van der Waals surface area (Å²) in [6.07, 6.45) is -1.85. The Kier molecular flexibility index (Phi) is 4.34. The maximum Gasteiger partial charge on any atom is 0.573 e. The number of rotatable bonds is 4. The van der Waals surface area contributed by atoms with E-state index in [1.165, 1.54) is 36.7 Å². The van der Waals surface area contributed by atoms with Gasteiger partial charge in [-0.25, -0.2) is 0 Å². The number of ether oxygens (including phenoxy) is 2. The standard InChI is InChI=1S/C13H9ClF3NO2/c14-7-9-8-18-6-5-10(9)19-11-3-1-2-4-12(11)20-13(15,16)17/h1-6,8H,7H2. The maximum atomic E-state index is 12.3. The summed E-state index contributed by atoms with van der Waals surface area (Å²) in [5.74, 6) is -0.0150. The van der Waals surface area contributed by atoms with Crippen LogP contribution in [0.2, 0.25) is 0 Å². The molecule has 0 aliphatic rings. The van der Waals surface area contributed by atoms with Crippen LogP contribution in [0.5, 0.6) is 17.2 Å². The van der Waals surface area contributed by atoms with Gasteiger partial charge in [0.25, 0.3) is 0 Å². The molecule has 2 aromatic rings. The molecule has 0 atom stereocenters. The van der Waals surface area contributed by atoms with Gasteiger partial charge < -0.3 is 9.47 Å². The molecule has 0 radical (unpaired) electrons. The lowest BCUT2D eigenvalue weighted by molar-refractivity contribution is -0.275. The average molecular weight is 304 g/mol. The summed E-state index contributed by atoms with van der Waals surface area (Å²) < 4.78 is 46.2. The molecule has 7 heteroatoms. The number of nitrogens with zero attached hydrogens (tertiary/aromatic N) is 1. The number of aromatic nitrogens is 1. The second-order valence-corrected chi connectivity index (χ2v) is 3.98. The molecule has 0 unspecified atom stereocenters. The minimum atomic E-state index is -4.78. The second kappa shape index (κ2) is 6.00. The third-order valence-corrected chi connectivity index (χ3v) is 2.59. The minimum absolute atomic E-state index is 0.0533. The van der Waals surface area contributed by atoms with Gasteiger partial charge >= 0.3 is 6.36 Å². The van der Waals surface area contributed by atoms with Crippen molar-refractivity contribution < 1.29 is 22.6 Å². The highest BCUT2D eigenvalue weighted by Crippen LogP contribution is 2.35. The molecule has 106 valence electrons. The third-order valence-electron chi connectivity index (χ3n) is 2.30. The SMILES string of the molecule is FC(F)(F)Oc1ccccc1Oc1ccncc1CCl. The van der Waals surface area contributed by atoms with Crippen molar-refractivity contribution >= 4 is 11.6 Å². The Morgan fingerprint density at radius 1 is 1.05 bits per heavy atom. The van der Waals surface area contributed by atoms with Gasteiger partial charge in [0.1, 0.15) is 5.75 Å². The van der Waals surface area contributed by atoms with Gasteiger partial charge in [-0.15, -0.1) is 24.8 Å². The lowest BCUT2D eigenvalue weighted by Gasteiger charge is -2.14. The lowest BCUT2D eigenvalue weighted by Crippen LogP contribution is -2.17. The first-order valence-electron chi connectivity index (χ1n) is 5.51. The lowest BCUT2D eigenvalue weighted by atomic mass is 10.3. The van der Waals surface area contributed by atoms with Crippen LogP contribution in [0.3, 0.4) is 0 Å². The molecule has 0 bridgehead atoms. The zero-order valence-electron chi connectivity index (χ0n) is 10.0. The van der Waals surface area contributed by atoms with Gasteiger partial charge in [-0.3, -0.25) is 4.98 Å². The van der Waals surface area contributed by atoms with Crippen LogP contribution in [-0.4, -0.2) is 11.3 Å². The van der Waals surface area contributed by atoms with Crippen molar-refractivity contribution in [2.75, 3.05) is 0 Å². The van der Waals surface area contributed by atoms with Crippen molar-refractivity contribution in [1.82, 2.24) is 4.98 Å². The molecule has 0 aliphatic carbocycles. The Morgan fingerprint density at radius 2 is 1.75 bits per heavy atom. The zero-order chi connectivity index (χ0) is 14.6. The maximum absolute atomic E-state index is 12.3. The highest BCUT2D eigenvalue weighted by molar-refractivity contribution is 6.17. The molecular weight excluding hydrogens is 295 g/mol. The summed E-state index contributed by atoms with van der Waals surface area (Å²) in [6, 6.07) is 7.02. The minimum Gasteiger partial charge on any atom is -0.453 e. The molecule has 0 saturated carbocycles. The average Bonchev–Trinajstić information content (AvgIpc) is 2.40. The first-order chi connectivity index (χ1) is 9.49. The molecule has 1 heterocycles. The van der Waals surface area contributed by atoms with Gasteiger partial charge in [0, 0.05) is 18.0 Å². The predicted molar refractivity (Wildman–Crippen MR) is 67.0 cm³/mol. The van der Waals surface area contributed by atoms with Gasteiger partial charge in [0.05, 0.1) is 5.88 Å². The number of alkyl halides is 4. The molecule has 1 aromatic carbocycles. The molecular formula is C13H9ClF3NO2. The highest BCUT2D eigenvalue weighted by Gasteiger charge is 2.32. The number of hydrogen-bond donors (Lipinski definition) is 0. The normalized spacial score (nSPS) is 11.2. The summed E-state index contributed by atoms with van der Waals surface area (Å²) >= 11 is 5.71. The Morgan fingerprint density at radius 3 is 2.40 bits per heavy atom. The Balaban J connectivity index is 2.29. The monoisotopic (exact) mass is 303 g/mol. The Hall–Kier alpha value is -1.95. The molecule has 0 spiro atoms. The van der Waals surface area contributed by atoms with Gasteiger partial charge in [-0.05, 0) is 18.2 Å². The van der Waals surface area contributed by atoms with Crippen molar-refractivity contribution in [3.05, 3.63) is 48.3 Å². The van der Waals surface area contributed by atoms with Crippen molar-refractivity contribution in [2.24, 2.45) is 0 Å². The van der Waals surface area contributed by atoms with Crippen molar-refractivity contribution in [2.45, 2.75) is 12.2 Å². The van der Waals surface area contributed by atoms with Crippen LogP contribution in [0.4, 0.5) is 13.2 Å². The quantitative estimate of drug-likeness (QED) is 0.779. The van der Waals surface area contributed by atoms with E-state index in [-0.39, 0.29) is 11.6 Å². The Bertz CT molecular complexity index is 590. The smallest absolute Gasteiger partial charge is 0.453 e.